The molecule has 0 spiro atoms. The van der Waals surface area contributed by atoms with Gasteiger partial charge in [-0.2, -0.15) is 0 Å². The summed E-state index contributed by atoms with van der Waals surface area (Å²) in [6, 6.07) is 9.75. The molecule has 26 heavy (non-hydrogen) atoms. The van der Waals surface area contributed by atoms with Crippen LogP contribution < -0.4 is 16.4 Å². The second-order valence-corrected chi connectivity index (χ2v) is 6.88. The van der Waals surface area contributed by atoms with E-state index in [2.05, 4.69) is 27.7 Å². The van der Waals surface area contributed by atoms with Gasteiger partial charge in [-0.15, -0.1) is 0 Å². The third-order valence-electron chi connectivity index (χ3n) is 4.73. The van der Waals surface area contributed by atoms with Crippen molar-refractivity contribution in [3.8, 4) is 0 Å². The second kappa shape index (κ2) is 11.8. The molecule has 0 bridgehead atoms. The summed E-state index contributed by atoms with van der Waals surface area (Å²) in [6.45, 7) is 4.43. The lowest BCUT2D eigenvalue weighted by atomic mass is 10.00. The van der Waals surface area contributed by atoms with Gasteiger partial charge in [0.25, 0.3) is 0 Å². The molecule has 1 heterocycles. The highest BCUT2D eigenvalue weighted by Crippen LogP contribution is 2.08. The lowest BCUT2D eigenvalue weighted by Gasteiger charge is -2.27. The second-order valence-electron chi connectivity index (χ2n) is 6.88. The molecule has 1 aliphatic heterocycles. The fourth-order valence-electron chi connectivity index (χ4n) is 3.23. The van der Waals surface area contributed by atoms with Crippen LogP contribution in [0.2, 0.25) is 0 Å². The maximum absolute atomic E-state index is 12.6. The van der Waals surface area contributed by atoms with Crippen LogP contribution in [0.15, 0.2) is 30.3 Å². The summed E-state index contributed by atoms with van der Waals surface area (Å²) in [5.74, 6) is 0.0494. The van der Waals surface area contributed by atoms with Gasteiger partial charge in [0.05, 0.1) is 12.6 Å². The summed E-state index contributed by atoms with van der Waals surface area (Å²) in [5, 5.41) is 6.21. The molecule has 1 unspecified atom stereocenters. The van der Waals surface area contributed by atoms with Crippen molar-refractivity contribution in [1.29, 1.82) is 0 Å². The number of rotatable bonds is 11. The zero-order valence-electron chi connectivity index (χ0n) is 15.6. The molecule has 6 nitrogen and oxygen atoms in total. The molecule has 1 amide bonds. The van der Waals surface area contributed by atoms with Gasteiger partial charge in [-0.05, 0) is 37.8 Å². The predicted molar refractivity (Wildman–Crippen MR) is 104 cm³/mol. The first-order valence-corrected chi connectivity index (χ1v) is 9.68. The maximum Gasteiger partial charge on any atom is 0.234 e. The van der Waals surface area contributed by atoms with E-state index in [1.54, 1.807) is 0 Å². The molecule has 4 N–H and O–H groups in total. The monoisotopic (exact) mass is 360 g/mol. The van der Waals surface area contributed by atoms with Crippen molar-refractivity contribution in [3.63, 3.8) is 0 Å². The highest BCUT2D eigenvalue weighted by molar-refractivity contribution is 5.89. The highest BCUT2D eigenvalue weighted by atomic mass is 16.2. The number of Topliss-reactive ketones (excluding diaryl/α,β-unsaturated/α-hetero) is 1. The molecule has 0 saturated carbocycles. The molecule has 0 aliphatic carbocycles. The van der Waals surface area contributed by atoms with Gasteiger partial charge < -0.3 is 16.4 Å². The van der Waals surface area contributed by atoms with Crippen LogP contribution in [-0.2, 0) is 16.0 Å². The van der Waals surface area contributed by atoms with Crippen molar-refractivity contribution < 1.29 is 9.59 Å². The predicted octanol–water partition coefficient (Wildman–Crippen LogP) is 0.707. The zero-order chi connectivity index (χ0) is 18.6. The van der Waals surface area contributed by atoms with E-state index < -0.39 is 6.04 Å². The first-order chi connectivity index (χ1) is 12.7. The summed E-state index contributed by atoms with van der Waals surface area (Å²) < 4.78 is 0. The number of hydrogen-bond donors (Lipinski definition) is 3. The number of amides is 1. The number of nitrogens with zero attached hydrogens (tertiary/aromatic N) is 1. The zero-order valence-corrected chi connectivity index (χ0v) is 15.6. The van der Waals surface area contributed by atoms with E-state index in [0.717, 1.165) is 45.4 Å². The molecule has 1 saturated heterocycles. The average molecular weight is 361 g/mol. The molecule has 1 aromatic rings. The van der Waals surface area contributed by atoms with Crippen LogP contribution >= 0.6 is 0 Å². The van der Waals surface area contributed by atoms with Gasteiger partial charge in [-0.1, -0.05) is 30.3 Å². The highest BCUT2D eigenvalue weighted by Gasteiger charge is 2.21. The van der Waals surface area contributed by atoms with Crippen molar-refractivity contribution in [2.45, 2.75) is 38.1 Å². The SMILES string of the molecule is NCCCC(NC(=O)CN1CCNCC1)C(=O)CCCc1ccccc1. The summed E-state index contributed by atoms with van der Waals surface area (Å²) in [4.78, 5) is 27.0. The average Bonchev–Trinajstić information content (AvgIpc) is 2.66. The molecule has 144 valence electrons. The summed E-state index contributed by atoms with van der Waals surface area (Å²) >= 11 is 0. The number of aryl methyl sites for hydroxylation is 1. The number of carbonyl (C=O) groups excluding carboxylic acids is 2. The van der Waals surface area contributed by atoms with E-state index in [1.807, 2.05) is 18.2 Å². The van der Waals surface area contributed by atoms with Crippen LogP contribution in [0, 0.1) is 0 Å². The number of nitrogens with two attached hydrogens (primary N) is 1. The molecule has 0 aromatic heterocycles. The Kier molecular flexibility index (Phi) is 9.31. The van der Waals surface area contributed by atoms with Crippen LogP contribution in [0.25, 0.3) is 0 Å². The Labute approximate surface area is 156 Å². The Hall–Kier alpha value is -1.76. The van der Waals surface area contributed by atoms with Gasteiger partial charge in [0.1, 0.15) is 0 Å². The van der Waals surface area contributed by atoms with Crippen LogP contribution in [0.1, 0.15) is 31.2 Å². The number of carbonyl (C=O) groups is 2. The van der Waals surface area contributed by atoms with Gasteiger partial charge in [-0.25, -0.2) is 0 Å². The van der Waals surface area contributed by atoms with Gasteiger partial charge in [0, 0.05) is 32.6 Å². The third kappa shape index (κ3) is 7.64. The Bertz CT molecular complexity index is 544. The van der Waals surface area contributed by atoms with Crippen molar-refractivity contribution in [2.24, 2.45) is 5.73 Å². The van der Waals surface area contributed by atoms with E-state index >= 15 is 0 Å². The number of nitrogens with one attached hydrogen (secondary N) is 2. The smallest absolute Gasteiger partial charge is 0.234 e. The lowest BCUT2D eigenvalue weighted by molar-refractivity contribution is -0.128. The van der Waals surface area contributed by atoms with Crippen LogP contribution in [-0.4, -0.2) is 61.9 Å². The number of benzene rings is 1. The first kappa shape index (κ1) is 20.6. The molecule has 2 rings (SSSR count). The topological polar surface area (TPSA) is 87.5 Å². The molecule has 1 aliphatic rings. The van der Waals surface area contributed by atoms with Gasteiger partial charge in [0.2, 0.25) is 5.91 Å². The van der Waals surface area contributed by atoms with Gasteiger partial charge >= 0.3 is 0 Å². The molecular weight excluding hydrogens is 328 g/mol. The lowest BCUT2D eigenvalue weighted by Crippen LogP contribution is -2.50. The van der Waals surface area contributed by atoms with E-state index in [4.69, 9.17) is 5.73 Å². The van der Waals surface area contributed by atoms with Crippen molar-refractivity contribution in [3.05, 3.63) is 35.9 Å². The van der Waals surface area contributed by atoms with Crippen molar-refractivity contribution >= 4 is 11.7 Å². The molecular formula is C20H32N4O2. The maximum atomic E-state index is 12.6. The Morgan fingerprint density at radius 3 is 2.58 bits per heavy atom. The quantitative estimate of drug-likeness (QED) is 0.541. The fraction of sp³-hybridized carbons (Fsp3) is 0.600. The van der Waals surface area contributed by atoms with Crippen molar-refractivity contribution in [2.75, 3.05) is 39.3 Å². The molecule has 1 aromatic carbocycles. The normalized spacial score (nSPS) is 16.2. The van der Waals surface area contributed by atoms with Crippen LogP contribution in [0.3, 0.4) is 0 Å². The van der Waals surface area contributed by atoms with E-state index in [9.17, 15) is 9.59 Å². The first-order valence-electron chi connectivity index (χ1n) is 9.68. The Morgan fingerprint density at radius 1 is 1.15 bits per heavy atom. The molecule has 0 radical (unpaired) electrons. The minimum Gasteiger partial charge on any atom is -0.345 e. The summed E-state index contributed by atoms with van der Waals surface area (Å²) in [7, 11) is 0. The number of piperazine rings is 1. The minimum atomic E-state index is -0.412. The molecule has 6 heteroatoms. The number of ketones is 1. The fourth-order valence-corrected chi connectivity index (χ4v) is 3.23. The van der Waals surface area contributed by atoms with E-state index in [-0.39, 0.29) is 11.7 Å². The van der Waals surface area contributed by atoms with Crippen LogP contribution in [0.5, 0.6) is 0 Å². The molecule has 1 atom stereocenters. The van der Waals surface area contributed by atoms with E-state index in [1.165, 1.54) is 5.56 Å². The third-order valence-corrected chi connectivity index (χ3v) is 4.73. The van der Waals surface area contributed by atoms with E-state index in [0.29, 0.717) is 25.9 Å². The summed E-state index contributed by atoms with van der Waals surface area (Å²) in [5.41, 5.74) is 6.83. The molecule has 1 fully saturated rings. The minimum absolute atomic E-state index is 0.0645. The largest absolute Gasteiger partial charge is 0.345 e. The number of hydrogen-bond acceptors (Lipinski definition) is 5. The standard InChI is InChI=1S/C20H32N4O2/c21-11-5-9-18(23-20(26)16-24-14-12-22-13-15-24)19(25)10-4-8-17-6-2-1-3-7-17/h1-3,6-7,18,22H,4-5,8-16,21H2,(H,23,26). The van der Waals surface area contributed by atoms with Crippen LogP contribution in [0.4, 0.5) is 0 Å². The van der Waals surface area contributed by atoms with Gasteiger partial charge in [0.15, 0.2) is 5.78 Å². The Balaban J connectivity index is 1.78. The van der Waals surface area contributed by atoms with Gasteiger partial charge in [-0.3, -0.25) is 14.5 Å². The van der Waals surface area contributed by atoms with Crippen molar-refractivity contribution in [1.82, 2.24) is 15.5 Å². The summed E-state index contributed by atoms with van der Waals surface area (Å²) in [6.07, 6.45) is 3.52. The Morgan fingerprint density at radius 2 is 1.88 bits per heavy atom.